The number of halogens is 2. The molecule has 2 nitrogen and oxygen atoms in total. The summed E-state index contributed by atoms with van der Waals surface area (Å²) in [6.45, 7) is 7.38. The summed E-state index contributed by atoms with van der Waals surface area (Å²) in [5.74, 6) is 0.772. The zero-order valence-corrected chi connectivity index (χ0v) is 12.7. The Bertz CT molecular complexity index is 369. The summed E-state index contributed by atoms with van der Waals surface area (Å²) in [4.78, 5) is 0. The van der Waals surface area contributed by atoms with Gasteiger partial charge in [0.2, 0.25) is 0 Å². The molecule has 0 heterocycles. The number of hydrogen-bond donors (Lipinski definition) is 1. The van der Waals surface area contributed by atoms with Crippen molar-refractivity contribution in [1.82, 2.24) is 5.32 Å². The van der Waals surface area contributed by atoms with Crippen molar-refractivity contribution >= 4 is 23.2 Å². The third kappa shape index (κ3) is 5.94. The second-order valence-corrected chi connectivity index (χ2v) is 5.57. The molecule has 0 aromatic heterocycles. The van der Waals surface area contributed by atoms with E-state index in [2.05, 4.69) is 26.1 Å². The van der Waals surface area contributed by atoms with Crippen LogP contribution in [0.4, 0.5) is 0 Å². The zero-order valence-electron chi connectivity index (χ0n) is 11.2. The van der Waals surface area contributed by atoms with Gasteiger partial charge in [-0.15, -0.1) is 0 Å². The second-order valence-electron chi connectivity index (χ2n) is 4.76. The van der Waals surface area contributed by atoms with Crippen LogP contribution in [0.15, 0.2) is 18.2 Å². The van der Waals surface area contributed by atoms with Crippen molar-refractivity contribution in [3.8, 4) is 5.75 Å². The lowest BCUT2D eigenvalue weighted by Gasteiger charge is -2.15. The molecule has 0 spiro atoms. The third-order valence-electron chi connectivity index (χ3n) is 2.57. The molecule has 1 aromatic carbocycles. The van der Waals surface area contributed by atoms with E-state index in [-0.39, 0.29) is 6.10 Å². The van der Waals surface area contributed by atoms with Gasteiger partial charge in [-0.2, -0.15) is 0 Å². The molecule has 0 aliphatic carbocycles. The summed E-state index contributed by atoms with van der Waals surface area (Å²) in [5.41, 5.74) is 0. The van der Waals surface area contributed by atoms with Crippen LogP contribution in [0.2, 0.25) is 10.0 Å². The van der Waals surface area contributed by atoms with Gasteiger partial charge in [-0.25, -0.2) is 0 Å². The lowest BCUT2D eigenvalue weighted by atomic mass is 10.2. The maximum atomic E-state index is 5.94. The Balaban J connectivity index is 2.31. The van der Waals surface area contributed by atoms with E-state index in [1.54, 1.807) is 12.1 Å². The first-order valence-corrected chi connectivity index (χ1v) is 7.09. The molecule has 0 radical (unpaired) electrons. The molecule has 102 valence electrons. The normalized spacial score (nSPS) is 12.8. The van der Waals surface area contributed by atoms with Gasteiger partial charge in [0.15, 0.2) is 0 Å². The smallest absolute Gasteiger partial charge is 0.121 e. The first-order valence-electron chi connectivity index (χ1n) is 6.34. The van der Waals surface area contributed by atoms with Crippen molar-refractivity contribution in [3.05, 3.63) is 28.2 Å². The molecule has 1 aromatic rings. The van der Waals surface area contributed by atoms with Crippen molar-refractivity contribution in [2.24, 2.45) is 0 Å². The van der Waals surface area contributed by atoms with Crippen molar-refractivity contribution in [2.45, 2.75) is 45.8 Å². The number of nitrogens with one attached hydrogen (secondary N) is 1. The molecule has 0 fully saturated rings. The van der Waals surface area contributed by atoms with Gasteiger partial charge in [-0.05, 0) is 38.4 Å². The Morgan fingerprint density at radius 3 is 2.50 bits per heavy atom. The van der Waals surface area contributed by atoms with Crippen LogP contribution < -0.4 is 10.1 Å². The Labute approximate surface area is 120 Å². The average Bonchev–Trinajstić information content (AvgIpc) is 2.29. The fourth-order valence-corrected chi connectivity index (χ4v) is 1.91. The van der Waals surface area contributed by atoms with E-state index in [4.69, 9.17) is 27.9 Å². The summed E-state index contributed by atoms with van der Waals surface area (Å²) < 4.78 is 5.79. The predicted octanol–water partition coefficient (Wildman–Crippen LogP) is 4.54. The minimum Gasteiger partial charge on any atom is -0.491 e. The molecule has 1 N–H and O–H groups in total. The van der Waals surface area contributed by atoms with Crippen molar-refractivity contribution < 1.29 is 4.74 Å². The van der Waals surface area contributed by atoms with E-state index in [1.807, 2.05) is 6.07 Å². The molecule has 0 saturated heterocycles. The molecule has 0 saturated carbocycles. The first kappa shape index (κ1) is 15.6. The SMILES string of the molecule is CC(C)NCCCC(C)Oc1ccc(Cl)c(Cl)c1. The summed E-state index contributed by atoms with van der Waals surface area (Å²) in [7, 11) is 0. The number of rotatable bonds is 7. The van der Waals surface area contributed by atoms with Crippen LogP contribution in [-0.2, 0) is 0 Å². The Morgan fingerprint density at radius 1 is 1.17 bits per heavy atom. The molecule has 0 aliphatic heterocycles. The van der Waals surface area contributed by atoms with Gasteiger partial charge < -0.3 is 10.1 Å². The lowest BCUT2D eigenvalue weighted by molar-refractivity contribution is 0.207. The quantitative estimate of drug-likeness (QED) is 0.744. The summed E-state index contributed by atoms with van der Waals surface area (Å²) in [6, 6.07) is 5.90. The summed E-state index contributed by atoms with van der Waals surface area (Å²) in [5, 5.41) is 4.47. The van der Waals surface area contributed by atoms with Gasteiger partial charge in [0.05, 0.1) is 16.1 Å². The Morgan fingerprint density at radius 2 is 1.89 bits per heavy atom. The Hall–Kier alpha value is -0.440. The van der Waals surface area contributed by atoms with Gasteiger partial charge in [-0.1, -0.05) is 37.0 Å². The molecule has 1 atom stereocenters. The monoisotopic (exact) mass is 289 g/mol. The van der Waals surface area contributed by atoms with E-state index < -0.39 is 0 Å². The maximum absolute atomic E-state index is 5.94. The molecule has 1 rings (SSSR count). The van der Waals surface area contributed by atoms with Gasteiger partial charge in [0, 0.05) is 12.1 Å². The maximum Gasteiger partial charge on any atom is 0.121 e. The molecule has 0 aliphatic rings. The van der Waals surface area contributed by atoms with Crippen LogP contribution in [0.1, 0.15) is 33.6 Å². The molecule has 1 unspecified atom stereocenters. The Kier molecular flexibility index (Phi) is 6.83. The van der Waals surface area contributed by atoms with Gasteiger partial charge in [-0.3, -0.25) is 0 Å². The van der Waals surface area contributed by atoms with E-state index in [0.29, 0.717) is 16.1 Å². The largest absolute Gasteiger partial charge is 0.491 e. The highest BCUT2D eigenvalue weighted by Crippen LogP contribution is 2.27. The molecule has 0 bridgehead atoms. The van der Waals surface area contributed by atoms with Crippen LogP contribution in [0, 0.1) is 0 Å². The lowest BCUT2D eigenvalue weighted by Crippen LogP contribution is -2.25. The van der Waals surface area contributed by atoms with Gasteiger partial charge >= 0.3 is 0 Å². The van der Waals surface area contributed by atoms with Gasteiger partial charge in [0.1, 0.15) is 5.75 Å². The van der Waals surface area contributed by atoms with Gasteiger partial charge in [0.25, 0.3) is 0 Å². The number of ether oxygens (including phenoxy) is 1. The van der Waals surface area contributed by atoms with Crippen molar-refractivity contribution in [1.29, 1.82) is 0 Å². The standard InChI is InChI=1S/C14H21Cl2NO/c1-10(2)17-8-4-5-11(3)18-12-6-7-13(15)14(16)9-12/h6-7,9-11,17H,4-5,8H2,1-3H3. The first-order chi connectivity index (χ1) is 8.49. The van der Waals surface area contributed by atoms with Crippen LogP contribution in [-0.4, -0.2) is 18.7 Å². The number of hydrogen-bond acceptors (Lipinski definition) is 2. The molecule has 4 heteroatoms. The average molecular weight is 290 g/mol. The predicted molar refractivity (Wildman–Crippen MR) is 78.9 cm³/mol. The van der Waals surface area contributed by atoms with Crippen LogP contribution in [0.3, 0.4) is 0 Å². The fraction of sp³-hybridized carbons (Fsp3) is 0.571. The molecular formula is C14H21Cl2NO. The highest BCUT2D eigenvalue weighted by Gasteiger charge is 2.06. The number of benzene rings is 1. The molecule has 0 amide bonds. The highest BCUT2D eigenvalue weighted by atomic mass is 35.5. The second kappa shape index (κ2) is 7.88. The summed E-state index contributed by atoms with van der Waals surface area (Å²) in [6.07, 6.45) is 2.29. The van der Waals surface area contributed by atoms with Crippen LogP contribution in [0.5, 0.6) is 5.75 Å². The van der Waals surface area contributed by atoms with E-state index >= 15 is 0 Å². The third-order valence-corrected chi connectivity index (χ3v) is 3.31. The summed E-state index contributed by atoms with van der Waals surface area (Å²) >= 11 is 11.8. The van der Waals surface area contributed by atoms with E-state index in [1.165, 1.54) is 0 Å². The fourth-order valence-electron chi connectivity index (χ4n) is 1.62. The minimum absolute atomic E-state index is 0.177. The zero-order chi connectivity index (χ0) is 13.5. The molecular weight excluding hydrogens is 269 g/mol. The van der Waals surface area contributed by atoms with Crippen molar-refractivity contribution in [3.63, 3.8) is 0 Å². The minimum atomic E-state index is 0.177. The van der Waals surface area contributed by atoms with Crippen LogP contribution in [0.25, 0.3) is 0 Å². The van der Waals surface area contributed by atoms with Crippen LogP contribution >= 0.6 is 23.2 Å². The topological polar surface area (TPSA) is 21.3 Å². The van der Waals surface area contributed by atoms with Crippen molar-refractivity contribution in [2.75, 3.05) is 6.54 Å². The van der Waals surface area contributed by atoms with E-state index in [9.17, 15) is 0 Å². The van der Waals surface area contributed by atoms with E-state index in [0.717, 1.165) is 25.1 Å². The highest BCUT2D eigenvalue weighted by molar-refractivity contribution is 6.42. The molecule has 18 heavy (non-hydrogen) atoms.